The molecule has 2 aromatic rings. The second-order valence-corrected chi connectivity index (χ2v) is 4.35. The number of rotatable bonds is 5. The molecule has 0 radical (unpaired) electrons. The largest absolute Gasteiger partial charge is 0.348 e. The van der Waals surface area contributed by atoms with Crippen molar-refractivity contribution >= 4 is 11.5 Å². The first kappa shape index (κ1) is 14.5. The molecule has 0 aliphatic carbocycles. The average Bonchev–Trinajstić information content (AvgIpc) is 2.52. The topological polar surface area (TPSA) is 72.2 Å². The van der Waals surface area contributed by atoms with Crippen LogP contribution in [0.2, 0.25) is 0 Å². The maximum atomic E-state index is 12.0. The lowest BCUT2D eigenvalue weighted by Crippen LogP contribution is -2.25. The predicted molar refractivity (Wildman–Crippen MR) is 80.2 cm³/mol. The lowest BCUT2D eigenvalue weighted by atomic mass is 10.1. The Hall–Kier alpha value is -2.95. The summed E-state index contributed by atoms with van der Waals surface area (Å²) in [6.45, 7) is 0.0960. The van der Waals surface area contributed by atoms with Crippen molar-refractivity contribution in [3.05, 3.63) is 88.1 Å². The highest BCUT2D eigenvalue weighted by atomic mass is 16.6. The van der Waals surface area contributed by atoms with Gasteiger partial charge in [-0.25, -0.2) is 0 Å². The molecule has 0 aromatic heterocycles. The van der Waals surface area contributed by atoms with Gasteiger partial charge in [-0.1, -0.05) is 48.5 Å². The molecule has 2 rings (SSSR count). The molecule has 106 valence electrons. The third-order valence-electron chi connectivity index (χ3n) is 2.88. The number of carbonyl (C=O) groups excluding carboxylic acids is 1. The SMILES string of the molecule is O=C(NCC(=C[N+](=O)[O-])c1ccccc1)c1ccccc1. The first-order valence-corrected chi connectivity index (χ1v) is 6.39. The normalized spacial score (nSPS) is 11.0. The molecule has 5 heteroatoms. The summed E-state index contributed by atoms with van der Waals surface area (Å²) in [6, 6.07) is 17.7. The summed E-state index contributed by atoms with van der Waals surface area (Å²) < 4.78 is 0. The molecule has 0 aliphatic heterocycles. The molecule has 0 heterocycles. The first-order valence-electron chi connectivity index (χ1n) is 6.39. The number of nitrogens with zero attached hydrogens (tertiary/aromatic N) is 1. The Balaban J connectivity index is 2.11. The maximum absolute atomic E-state index is 12.0. The van der Waals surface area contributed by atoms with Gasteiger partial charge in [0, 0.05) is 17.7 Å². The van der Waals surface area contributed by atoms with Gasteiger partial charge in [-0.3, -0.25) is 14.9 Å². The van der Waals surface area contributed by atoms with Crippen LogP contribution < -0.4 is 5.32 Å². The summed E-state index contributed by atoms with van der Waals surface area (Å²) in [5.41, 5.74) is 1.68. The van der Waals surface area contributed by atoms with Crippen molar-refractivity contribution in [3.8, 4) is 0 Å². The van der Waals surface area contributed by atoms with Crippen LogP contribution in [0.15, 0.2) is 66.9 Å². The lowest BCUT2D eigenvalue weighted by Gasteiger charge is -2.07. The predicted octanol–water partition coefficient (Wildman–Crippen LogP) is 2.73. The Labute approximate surface area is 122 Å². The van der Waals surface area contributed by atoms with Crippen LogP contribution >= 0.6 is 0 Å². The Kier molecular flexibility index (Phi) is 4.82. The quantitative estimate of drug-likeness (QED) is 0.677. The molecule has 21 heavy (non-hydrogen) atoms. The molecule has 0 unspecified atom stereocenters. The standard InChI is InChI=1S/C16H14N2O3/c19-16(14-9-5-2-6-10-14)17-11-15(12-18(20)21)13-7-3-1-4-8-13/h1-10,12H,11H2,(H,17,19). The minimum absolute atomic E-state index is 0.0960. The fourth-order valence-electron chi connectivity index (χ4n) is 1.87. The third-order valence-corrected chi connectivity index (χ3v) is 2.88. The summed E-state index contributed by atoms with van der Waals surface area (Å²) in [7, 11) is 0. The van der Waals surface area contributed by atoms with Crippen LogP contribution in [0.25, 0.3) is 5.57 Å². The van der Waals surface area contributed by atoms with Crippen molar-refractivity contribution in [1.82, 2.24) is 5.32 Å². The van der Waals surface area contributed by atoms with Gasteiger partial charge < -0.3 is 5.32 Å². The molecule has 2 aromatic carbocycles. The van der Waals surface area contributed by atoms with E-state index in [1.807, 2.05) is 12.1 Å². The van der Waals surface area contributed by atoms with Gasteiger partial charge >= 0.3 is 0 Å². The molecule has 1 amide bonds. The summed E-state index contributed by atoms with van der Waals surface area (Å²) >= 11 is 0. The van der Waals surface area contributed by atoms with Gasteiger partial charge in [-0.05, 0) is 17.7 Å². The second kappa shape index (κ2) is 7.00. The molecule has 0 saturated heterocycles. The third kappa shape index (κ3) is 4.28. The van der Waals surface area contributed by atoms with Crippen LogP contribution in [0.1, 0.15) is 15.9 Å². The zero-order valence-corrected chi connectivity index (χ0v) is 11.2. The van der Waals surface area contributed by atoms with E-state index >= 15 is 0 Å². The van der Waals surface area contributed by atoms with Crippen molar-refractivity contribution in [2.45, 2.75) is 0 Å². The van der Waals surface area contributed by atoms with Crippen LogP contribution in [-0.2, 0) is 0 Å². The van der Waals surface area contributed by atoms with E-state index < -0.39 is 4.92 Å². The van der Waals surface area contributed by atoms with Crippen molar-refractivity contribution in [1.29, 1.82) is 0 Å². The molecule has 0 bridgehead atoms. The van der Waals surface area contributed by atoms with E-state index in [9.17, 15) is 14.9 Å². The van der Waals surface area contributed by atoms with Gasteiger partial charge in [0.1, 0.15) is 0 Å². The summed E-state index contributed by atoms with van der Waals surface area (Å²) in [6.07, 6.45) is 0.917. The molecule has 5 nitrogen and oxygen atoms in total. The van der Waals surface area contributed by atoms with E-state index in [0.29, 0.717) is 16.7 Å². The van der Waals surface area contributed by atoms with E-state index in [4.69, 9.17) is 0 Å². The Morgan fingerprint density at radius 2 is 1.52 bits per heavy atom. The number of benzene rings is 2. The van der Waals surface area contributed by atoms with Crippen LogP contribution in [0, 0.1) is 10.1 Å². The van der Waals surface area contributed by atoms with E-state index in [1.54, 1.807) is 48.5 Å². The zero-order valence-electron chi connectivity index (χ0n) is 11.2. The van der Waals surface area contributed by atoms with Crippen LogP contribution in [-0.4, -0.2) is 17.4 Å². The van der Waals surface area contributed by atoms with Crippen molar-refractivity contribution in [3.63, 3.8) is 0 Å². The van der Waals surface area contributed by atoms with Crippen LogP contribution in [0.5, 0.6) is 0 Å². The van der Waals surface area contributed by atoms with Gasteiger partial charge in [0.25, 0.3) is 5.91 Å². The second-order valence-electron chi connectivity index (χ2n) is 4.35. The maximum Gasteiger partial charge on any atom is 0.251 e. The Morgan fingerprint density at radius 3 is 2.05 bits per heavy atom. The Bertz CT molecular complexity index is 652. The number of amides is 1. The molecule has 0 spiro atoms. The molecule has 0 fully saturated rings. The summed E-state index contributed by atoms with van der Waals surface area (Å²) in [5, 5.41) is 13.4. The number of nitro groups is 1. The molecular formula is C16H14N2O3. The van der Waals surface area contributed by atoms with E-state index in [-0.39, 0.29) is 12.5 Å². The van der Waals surface area contributed by atoms with E-state index in [2.05, 4.69) is 5.32 Å². The molecule has 0 aliphatic rings. The average molecular weight is 282 g/mol. The minimum atomic E-state index is -0.517. The molecular weight excluding hydrogens is 268 g/mol. The Morgan fingerprint density at radius 1 is 1.00 bits per heavy atom. The fourth-order valence-corrected chi connectivity index (χ4v) is 1.87. The molecule has 1 N–H and O–H groups in total. The van der Waals surface area contributed by atoms with Crippen LogP contribution in [0.4, 0.5) is 0 Å². The van der Waals surface area contributed by atoms with Crippen LogP contribution in [0.3, 0.4) is 0 Å². The van der Waals surface area contributed by atoms with E-state index in [0.717, 1.165) is 6.20 Å². The minimum Gasteiger partial charge on any atom is -0.348 e. The van der Waals surface area contributed by atoms with Gasteiger partial charge in [-0.15, -0.1) is 0 Å². The molecule has 0 saturated carbocycles. The van der Waals surface area contributed by atoms with Crippen molar-refractivity contribution in [2.75, 3.05) is 6.54 Å². The number of hydrogen-bond donors (Lipinski definition) is 1. The number of carbonyl (C=O) groups is 1. The fraction of sp³-hybridized carbons (Fsp3) is 0.0625. The van der Waals surface area contributed by atoms with Crippen molar-refractivity contribution < 1.29 is 9.72 Å². The van der Waals surface area contributed by atoms with Crippen molar-refractivity contribution in [2.24, 2.45) is 0 Å². The van der Waals surface area contributed by atoms with Gasteiger partial charge in [0.15, 0.2) is 0 Å². The first-order chi connectivity index (χ1) is 10.2. The van der Waals surface area contributed by atoms with Gasteiger partial charge in [0.05, 0.1) is 4.92 Å². The lowest BCUT2D eigenvalue weighted by molar-refractivity contribution is -0.401. The smallest absolute Gasteiger partial charge is 0.251 e. The molecule has 0 atom stereocenters. The monoisotopic (exact) mass is 282 g/mol. The summed E-state index contributed by atoms with van der Waals surface area (Å²) in [4.78, 5) is 22.2. The number of nitrogens with one attached hydrogen (secondary N) is 1. The van der Waals surface area contributed by atoms with Gasteiger partial charge in [0.2, 0.25) is 6.20 Å². The van der Waals surface area contributed by atoms with E-state index in [1.165, 1.54) is 0 Å². The highest BCUT2D eigenvalue weighted by molar-refractivity contribution is 5.95. The number of hydrogen-bond acceptors (Lipinski definition) is 3. The highest BCUT2D eigenvalue weighted by Gasteiger charge is 2.09. The highest BCUT2D eigenvalue weighted by Crippen LogP contribution is 2.13. The zero-order chi connectivity index (χ0) is 15.1. The summed E-state index contributed by atoms with van der Waals surface area (Å²) in [5.74, 6) is -0.263. The van der Waals surface area contributed by atoms with Gasteiger partial charge in [-0.2, -0.15) is 0 Å².